The molecule has 0 aliphatic carbocycles. The Balaban J connectivity index is 0.000000350. The summed E-state index contributed by atoms with van der Waals surface area (Å²) < 4.78 is 5.40. The van der Waals surface area contributed by atoms with Gasteiger partial charge < -0.3 is 14.9 Å². The van der Waals surface area contributed by atoms with Crippen LogP contribution in [0.15, 0.2) is 84.9 Å². The van der Waals surface area contributed by atoms with Gasteiger partial charge in [0.25, 0.3) is 0 Å². The first kappa shape index (κ1) is 24.4. The highest BCUT2D eigenvalue weighted by molar-refractivity contribution is 6.11. The first-order chi connectivity index (χ1) is 16.7. The fraction of sp³-hybridized carbons (Fsp3) is 0.138. The number of nitrogens with zero attached hydrogens (tertiary/aromatic N) is 1. The highest BCUT2D eigenvalue weighted by Crippen LogP contribution is 2.36. The van der Waals surface area contributed by atoms with E-state index >= 15 is 0 Å². The molecule has 4 aromatic carbocycles. The smallest absolute Gasteiger partial charge is 0.418 e. The number of rotatable bonds is 3. The monoisotopic (exact) mass is 451 g/mol. The van der Waals surface area contributed by atoms with Crippen LogP contribution >= 0.6 is 0 Å². The molecule has 0 radical (unpaired) electrons. The van der Waals surface area contributed by atoms with Crippen LogP contribution in [-0.2, 0) is 4.74 Å². The van der Waals surface area contributed by atoms with Crippen LogP contribution in [0.25, 0.3) is 21.5 Å². The molecule has 5 heteroatoms. The third kappa shape index (κ3) is 5.94. The zero-order valence-electron chi connectivity index (χ0n) is 18.9. The van der Waals surface area contributed by atoms with E-state index in [0.29, 0.717) is 6.61 Å². The van der Waals surface area contributed by atoms with Crippen LogP contribution in [0.5, 0.6) is 0 Å². The van der Waals surface area contributed by atoms with E-state index in [0.717, 1.165) is 32.9 Å². The number of hydrogen-bond acceptors (Lipinski definition) is 4. The molecule has 0 fully saturated rings. The van der Waals surface area contributed by atoms with Crippen molar-refractivity contribution in [3.05, 3.63) is 84.9 Å². The van der Waals surface area contributed by atoms with Crippen molar-refractivity contribution in [1.29, 1.82) is 0 Å². The zero-order chi connectivity index (χ0) is 24.2. The molecule has 1 amide bonds. The van der Waals surface area contributed by atoms with E-state index in [1.165, 1.54) is 0 Å². The number of hydrogen-bond donors (Lipinski definition) is 2. The number of aliphatic hydroxyl groups excluding tert-OH is 2. The lowest BCUT2D eigenvalue weighted by atomic mass is 10.1. The van der Waals surface area contributed by atoms with E-state index in [-0.39, 0.29) is 19.3 Å². The molecular weight excluding hydrogens is 426 g/mol. The molecule has 0 aliphatic heterocycles. The van der Waals surface area contributed by atoms with Crippen LogP contribution in [0.4, 0.5) is 16.2 Å². The van der Waals surface area contributed by atoms with E-state index in [2.05, 4.69) is 23.7 Å². The second kappa shape index (κ2) is 12.7. The summed E-state index contributed by atoms with van der Waals surface area (Å²) in [6, 6.07) is 28.1. The summed E-state index contributed by atoms with van der Waals surface area (Å²) in [6.07, 6.45) is -0.375. The largest absolute Gasteiger partial charge is 0.449 e. The molecule has 0 bridgehead atoms. The summed E-state index contributed by atoms with van der Waals surface area (Å²) in [5.74, 6) is 9.24. The van der Waals surface area contributed by atoms with Gasteiger partial charge in [-0.1, -0.05) is 84.6 Å². The predicted octanol–water partition coefficient (Wildman–Crippen LogP) is 5.27. The Morgan fingerprint density at radius 3 is 1.62 bits per heavy atom. The van der Waals surface area contributed by atoms with Gasteiger partial charge in [0.2, 0.25) is 0 Å². The van der Waals surface area contributed by atoms with E-state index in [4.69, 9.17) is 14.9 Å². The molecule has 0 saturated carbocycles. The minimum atomic E-state index is -0.375. The van der Waals surface area contributed by atoms with Gasteiger partial charge in [-0.25, -0.2) is 9.69 Å². The van der Waals surface area contributed by atoms with Gasteiger partial charge in [0.05, 0.1) is 18.0 Å². The van der Waals surface area contributed by atoms with Crippen LogP contribution in [0.2, 0.25) is 0 Å². The van der Waals surface area contributed by atoms with Crippen LogP contribution in [0.3, 0.4) is 0 Å². The SMILES string of the molecule is CCOC(=O)N(c1cccc2ccccc12)c1cccc2ccccc12.OCC#CC#CCO. The molecule has 4 rings (SSSR count). The van der Waals surface area contributed by atoms with Crippen molar-refractivity contribution in [1.82, 2.24) is 0 Å². The highest BCUT2D eigenvalue weighted by Gasteiger charge is 2.22. The molecule has 0 aliphatic rings. The molecule has 170 valence electrons. The molecular formula is C29H25NO4. The van der Waals surface area contributed by atoms with Crippen molar-refractivity contribution in [2.75, 3.05) is 24.7 Å². The first-order valence-corrected chi connectivity index (χ1v) is 10.8. The van der Waals surface area contributed by atoms with Gasteiger partial charge >= 0.3 is 6.09 Å². The summed E-state index contributed by atoms with van der Waals surface area (Å²) >= 11 is 0. The topological polar surface area (TPSA) is 70.0 Å². The number of carbonyl (C=O) groups is 1. The minimum Gasteiger partial charge on any atom is -0.449 e. The van der Waals surface area contributed by atoms with Gasteiger partial charge in [0.1, 0.15) is 13.2 Å². The fourth-order valence-corrected chi connectivity index (χ4v) is 3.49. The number of ether oxygens (including phenoxy) is 1. The van der Waals surface area contributed by atoms with Crippen molar-refractivity contribution < 1.29 is 19.7 Å². The molecule has 0 spiro atoms. The quantitative estimate of drug-likeness (QED) is 0.417. The number of amides is 1. The van der Waals surface area contributed by atoms with Gasteiger partial charge in [-0.2, -0.15) is 0 Å². The average Bonchev–Trinajstić information content (AvgIpc) is 2.88. The Morgan fingerprint density at radius 2 is 1.18 bits per heavy atom. The summed E-state index contributed by atoms with van der Waals surface area (Å²) in [5, 5.41) is 20.3. The maximum Gasteiger partial charge on any atom is 0.418 e. The van der Waals surface area contributed by atoms with Crippen LogP contribution in [0, 0.1) is 23.7 Å². The normalized spacial score (nSPS) is 9.62. The zero-order valence-corrected chi connectivity index (χ0v) is 18.9. The maximum atomic E-state index is 12.9. The molecule has 5 nitrogen and oxygen atoms in total. The highest BCUT2D eigenvalue weighted by atomic mass is 16.6. The summed E-state index contributed by atoms with van der Waals surface area (Å²) in [5.41, 5.74) is 1.64. The Labute approximate surface area is 199 Å². The van der Waals surface area contributed by atoms with Crippen molar-refractivity contribution in [3.8, 4) is 23.7 Å². The lowest BCUT2D eigenvalue weighted by Crippen LogP contribution is -2.27. The number of anilines is 2. The van der Waals surface area contributed by atoms with Gasteiger partial charge in [-0.15, -0.1) is 0 Å². The van der Waals surface area contributed by atoms with Crippen LogP contribution in [0.1, 0.15) is 6.92 Å². The first-order valence-electron chi connectivity index (χ1n) is 10.8. The molecule has 0 saturated heterocycles. The Bertz CT molecular complexity index is 1280. The van der Waals surface area contributed by atoms with Crippen molar-refractivity contribution in [2.45, 2.75) is 6.92 Å². The summed E-state index contributed by atoms with van der Waals surface area (Å²) in [6.45, 7) is 1.79. The second-order valence-corrected chi connectivity index (χ2v) is 6.95. The number of fused-ring (bicyclic) bond motifs is 2. The van der Waals surface area contributed by atoms with E-state index in [9.17, 15) is 4.79 Å². The molecule has 34 heavy (non-hydrogen) atoms. The third-order valence-corrected chi connectivity index (χ3v) is 4.86. The Morgan fingerprint density at radius 1 is 0.735 bits per heavy atom. The van der Waals surface area contributed by atoms with E-state index in [1.54, 1.807) is 4.90 Å². The van der Waals surface area contributed by atoms with Crippen molar-refractivity contribution in [3.63, 3.8) is 0 Å². The number of benzene rings is 4. The lowest BCUT2D eigenvalue weighted by molar-refractivity contribution is 0.163. The third-order valence-electron chi connectivity index (χ3n) is 4.86. The van der Waals surface area contributed by atoms with Crippen LogP contribution < -0.4 is 4.90 Å². The average molecular weight is 452 g/mol. The molecule has 0 heterocycles. The lowest BCUT2D eigenvalue weighted by Gasteiger charge is -2.25. The van der Waals surface area contributed by atoms with Gasteiger partial charge in [0, 0.05) is 10.8 Å². The van der Waals surface area contributed by atoms with Crippen LogP contribution in [-0.4, -0.2) is 36.1 Å². The molecule has 0 atom stereocenters. The summed E-state index contributed by atoms with van der Waals surface area (Å²) in [7, 11) is 0. The van der Waals surface area contributed by atoms with Gasteiger partial charge in [-0.3, -0.25) is 0 Å². The molecule has 0 unspecified atom stereocenters. The van der Waals surface area contributed by atoms with Crippen molar-refractivity contribution in [2.24, 2.45) is 0 Å². The van der Waals surface area contributed by atoms with E-state index in [1.807, 2.05) is 91.9 Å². The Hall–Kier alpha value is -4.29. The predicted molar refractivity (Wildman–Crippen MR) is 137 cm³/mol. The molecule has 4 aromatic rings. The number of aliphatic hydroxyl groups is 2. The Kier molecular flexibility index (Phi) is 9.08. The minimum absolute atomic E-state index is 0.180. The number of carbonyl (C=O) groups excluding carboxylic acids is 1. The van der Waals surface area contributed by atoms with Gasteiger partial charge in [-0.05, 0) is 41.7 Å². The maximum absolute atomic E-state index is 12.9. The fourth-order valence-electron chi connectivity index (χ4n) is 3.49. The summed E-state index contributed by atoms with van der Waals surface area (Å²) in [4.78, 5) is 14.6. The molecule has 2 N–H and O–H groups in total. The molecule has 0 aromatic heterocycles. The van der Waals surface area contributed by atoms with Crippen molar-refractivity contribution >= 4 is 39.0 Å². The van der Waals surface area contributed by atoms with Gasteiger partial charge in [0.15, 0.2) is 0 Å². The second-order valence-electron chi connectivity index (χ2n) is 6.95. The standard InChI is InChI=1S/C23H19NO2.C6H6O2/c1-2-26-23(25)24(21-15-7-11-17-9-3-5-13-19(17)21)22-16-8-12-18-10-4-6-14-20(18)22;7-5-3-1-2-4-6-8/h3-16H,2H2,1H3;7-8H,5-6H2. The van der Waals surface area contributed by atoms with E-state index < -0.39 is 0 Å².